The lowest BCUT2D eigenvalue weighted by Gasteiger charge is -2.28. The number of hydrogen-bond acceptors (Lipinski definition) is 3. The molecule has 0 N–H and O–H groups in total. The summed E-state index contributed by atoms with van der Waals surface area (Å²) in [5, 5.41) is 0. The molecule has 0 saturated heterocycles. The maximum Gasteiger partial charge on any atom is 0.144 e. The number of aromatic nitrogens is 1. The molecule has 0 saturated carbocycles. The van der Waals surface area contributed by atoms with Gasteiger partial charge in [-0.25, -0.2) is 4.98 Å². The summed E-state index contributed by atoms with van der Waals surface area (Å²) in [5.41, 5.74) is 11.2. The van der Waals surface area contributed by atoms with E-state index in [1.54, 1.807) is 0 Å². The van der Waals surface area contributed by atoms with E-state index >= 15 is 0 Å². The van der Waals surface area contributed by atoms with E-state index in [1.807, 2.05) is 50.4 Å². The second kappa shape index (κ2) is 14.9. The highest BCUT2D eigenvalue weighted by molar-refractivity contribution is 6.07. The first kappa shape index (κ1) is 31.0. The summed E-state index contributed by atoms with van der Waals surface area (Å²) in [5.74, 6) is 0.860. The normalized spacial score (nSPS) is 14.1. The summed E-state index contributed by atoms with van der Waals surface area (Å²) >= 11 is 0. The van der Waals surface area contributed by atoms with E-state index in [0.29, 0.717) is 0 Å². The van der Waals surface area contributed by atoms with E-state index in [1.165, 1.54) is 22.4 Å². The highest BCUT2D eigenvalue weighted by Gasteiger charge is 2.20. The number of hydrogen-bond donors (Lipinski definition) is 0. The zero-order chi connectivity index (χ0) is 31.6. The fourth-order valence-corrected chi connectivity index (χ4v) is 5.72. The largest absolute Gasteiger partial charge is 0.341 e. The van der Waals surface area contributed by atoms with Crippen molar-refractivity contribution in [3.05, 3.63) is 181 Å². The zero-order valence-corrected chi connectivity index (χ0v) is 26.5. The molecule has 0 unspecified atom stereocenters. The lowest BCUT2D eigenvalue weighted by Crippen LogP contribution is -2.21. The van der Waals surface area contributed by atoms with Gasteiger partial charge in [0.05, 0.1) is 0 Å². The minimum Gasteiger partial charge on any atom is -0.341 e. The summed E-state index contributed by atoms with van der Waals surface area (Å²) < 4.78 is 0. The van der Waals surface area contributed by atoms with Crippen LogP contribution in [0.15, 0.2) is 153 Å². The van der Waals surface area contributed by atoms with Crippen LogP contribution in [-0.4, -0.2) is 11.5 Å². The Bertz CT molecular complexity index is 1830. The van der Waals surface area contributed by atoms with Crippen molar-refractivity contribution in [1.82, 2.24) is 4.98 Å². The highest BCUT2D eigenvalue weighted by atomic mass is 15.2. The molecular weight excluding hydrogens is 546 g/mol. The van der Waals surface area contributed by atoms with E-state index in [2.05, 4.69) is 139 Å². The van der Waals surface area contributed by atoms with Crippen molar-refractivity contribution in [3.8, 4) is 0 Å². The van der Waals surface area contributed by atoms with Gasteiger partial charge in [0, 0.05) is 41.6 Å². The number of fused-ring (bicyclic) bond motifs is 1. The first-order chi connectivity index (χ1) is 22.1. The van der Waals surface area contributed by atoms with E-state index in [0.717, 1.165) is 52.4 Å². The molecule has 3 nitrogen and oxygen atoms in total. The van der Waals surface area contributed by atoms with Crippen LogP contribution in [0.25, 0.3) is 17.2 Å². The average molecular weight is 588 g/mol. The number of allylic oxidation sites excluding steroid dienone is 4. The summed E-state index contributed by atoms with van der Waals surface area (Å²) in [4.78, 5) is 9.33. The van der Waals surface area contributed by atoms with Crippen LogP contribution in [0.5, 0.6) is 0 Å². The number of anilines is 4. The Kier molecular flexibility index (Phi) is 10.2. The number of pyridine rings is 1. The van der Waals surface area contributed by atoms with Crippen LogP contribution in [0.3, 0.4) is 0 Å². The maximum atomic E-state index is 4.79. The molecule has 45 heavy (non-hydrogen) atoms. The number of benzene rings is 4. The van der Waals surface area contributed by atoms with Crippen LogP contribution in [0.2, 0.25) is 0 Å². The Labute approximate surface area is 268 Å². The fraction of sp³-hybridized carbons (Fsp3) is 0.119. The third kappa shape index (κ3) is 6.89. The second-order valence-corrected chi connectivity index (χ2v) is 10.6. The van der Waals surface area contributed by atoms with Crippen LogP contribution in [0.1, 0.15) is 41.7 Å². The topological polar surface area (TPSA) is 19.4 Å². The van der Waals surface area contributed by atoms with Crippen molar-refractivity contribution in [2.24, 2.45) is 0 Å². The van der Waals surface area contributed by atoms with Gasteiger partial charge in [0.15, 0.2) is 0 Å². The van der Waals surface area contributed by atoms with Crippen LogP contribution >= 0.6 is 0 Å². The monoisotopic (exact) mass is 587 g/mol. The van der Waals surface area contributed by atoms with Crippen molar-refractivity contribution >= 4 is 40.1 Å². The molecule has 5 aromatic rings. The van der Waals surface area contributed by atoms with Crippen LogP contribution in [0, 0.1) is 6.92 Å². The smallest absolute Gasteiger partial charge is 0.144 e. The van der Waals surface area contributed by atoms with E-state index in [4.69, 9.17) is 4.98 Å². The molecule has 3 heteroatoms. The number of para-hydroxylation sites is 2. The Balaban J connectivity index is 0.00000196. The van der Waals surface area contributed by atoms with Crippen molar-refractivity contribution < 1.29 is 0 Å². The molecular formula is C42H41N3. The fourth-order valence-electron chi connectivity index (χ4n) is 5.72. The predicted octanol–water partition coefficient (Wildman–Crippen LogP) is 11.2. The second-order valence-electron chi connectivity index (χ2n) is 10.6. The third-order valence-electron chi connectivity index (χ3n) is 7.95. The Morgan fingerprint density at radius 1 is 0.822 bits per heavy atom. The Hall–Kier alpha value is -5.41. The molecule has 0 fully saturated rings. The molecule has 0 atom stereocenters. The SMILES string of the molecule is C=Cc1ccccc1CCN(c1cccc(/C2=C/C=C\N(c3ccccc3)c3ncccc3C2=C)c1)c1ccccc1C.CC. The molecule has 1 aromatic heterocycles. The molecule has 1 aliphatic heterocycles. The standard InChI is InChI=1S/C40H35N3.C2H6/c1-4-32-16-9-10-17-33(32)25-28-42(39-24-11-8-15-30(39)2)36-21-12-18-34(29-36)37-23-14-27-43(35-19-6-5-7-20-35)40-38(31(37)3)22-13-26-41-40;1-2/h4-24,26-27,29H,1,3,25,28H2,2H3;1-2H3/b27-14-,37-23+;. The van der Waals surface area contributed by atoms with Crippen molar-refractivity contribution in [2.75, 3.05) is 16.3 Å². The molecule has 0 aliphatic carbocycles. The van der Waals surface area contributed by atoms with Gasteiger partial charge in [0.1, 0.15) is 5.82 Å². The maximum absolute atomic E-state index is 4.79. The van der Waals surface area contributed by atoms with Gasteiger partial charge >= 0.3 is 0 Å². The molecule has 4 aromatic carbocycles. The van der Waals surface area contributed by atoms with Crippen molar-refractivity contribution in [3.63, 3.8) is 0 Å². The molecule has 0 amide bonds. The zero-order valence-electron chi connectivity index (χ0n) is 26.5. The number of rotatable bonds is 8. The van der Waals surface area contributed by atoms with E-state index in [9.17, 15) is 0 Å². The first-order valence-electron chi connectivity index (χ1n) is 15.7. The van der Waals surface area contributed by atoms with Crippen molar-refractivity contribution in [1.29, 1.82) is 0 Å². The molecule has 0 bridgehead atoms. The van der Waals surface area contributed by atoms with Crippen molar-refractivity contribution in [2.45, 2.75) is 27.2 Å². The highest BCUT2D eigenvalue weighted by Crippen LogP contribution is 2.40. The lowest BCUT2D eigenvalue weighted by molar-refractivity contribution is 0.908. The molecule has 6 rings (SSSR count). The summed E-state index contributed by atoms with van der Waals surface area (Å²) in [6, 6.07) is 40.3. The molecule has 224 valence electrons. The minimum atomic E-state index is 0.831. The van der Waals surface area contributed by atoms with Crippen LogP contribution in [-0.2, 0) is 6.42 Å². The molecule has 2 heterocycles. The van der Waals surface area contributed by atoms with Crippen LogP contribution in [0.4, 0.5) is 22.9 Å². The number of nitrogens with zero attached hydrogens (tertiary/aromatic N) is 3. The van der Waals surface area contributed by atoms with E-state index < -0.39 is 0 Å². The van der Waals surface area contributed by atoms with Crippen LogP contribution < -0.4 is 9.80 Å². The van der Waals surface area contributed by atoms with Gasteiger partial charge in [-0.05, 0) is 95.3 Å². The summed E-state index contributed by atoms with van der Waals surface area (Å²) in [6.45, 7) is 15.6. The minimum absolute atomic E-state index is 0.831. The Morgan fingerprint density at radius 2 is 1.58 bits per heavy atom. The lowest BCUT2D eigenvalue weighted by atomic mass is 9.92. The summed E-state index contributed by atoms with van der Waals surface area (Å²) in [7, 11) is 0. The average Bonchev–Trinajstić information content (AvgIpc) is 3.10. The summed E-state index contributed by atoms with van der Waals surface area (Å²) in [6.07, 6.45) is 11.0. The van der Waals surface area contributed by atoms with Gasteiger partial charge < -0.3 is 9.80 Å². The first-order valence-corrected chi connectivity index (χ1v) is 15.7. The van der Waals surface area contributed by atoms with Gasteiger partial charge in [-0.15, -0.1) is 0 Å². The van der Waals surface area contributed by atoms with Gasteiger partial charge in [0.25, 0.3) is 0 Å². The number of aryl methyl sites for hydroxylation is 1. The van der Waals surface area contributed by atoms with Gasteiger partial charge in [-0.2, -0.15) is 0 Å². The van der Waals surface area contributed by atoms with Gasteiger partial charge in [0.2, 0.25) is 0 Å². The van der Waals surface area contributed by atoms with E-state index in [-0.39, 0.29) is 0 Å². The van der Waals surface area contributed by atoms with Gasteiger partial charge in [-0.1, -0.05) is 112 Å². The quantitative estimate of drug-likeness (QED) is 0.180. The molecule has 0 radical (unpaired) electrons. The molecule has 1 aliphatic rings. The predicted molar refractivity (Wildman–Crippen MR) is 195 cm³/mol. The molecule has 0 spiro atoms. The Morgan fingerprint density at radius 3 is 2.38 bits per heavy atom. The van der Waals surface area contributed by atoms with Gasteiger partial charge in [-0.3, -0.25) is 0 Å². The third-order valence-corrected chi connectivity index (χ3v) is 7.95.